The maximum absolute atomic E-state index is 13.7. The number of ketones is 2. The number of nitrogens with two attached hydrogens (primary N) is 1. The molecule has 0 spiro atoms. The van der Waals surface area contributed by atoms with Gasteiger partial charge in [0.2, 0.25) is 0 Å². The Bertz CT molecular complexity index is 3050. The molecule has 0 radical (unpaired) electrons. The Kier molecular flexibility index (Phi) is 25.8. The van der Waals surface area contributed by atoms with E-state index in [-0.39, 0.29) is 89.5 Å². The third-order valence-electron chi connectivity index (χ3n) is 12.6. The van der Waals surface area contributed by atoms with Crippen LogP contribution in [-0.4, -0.2) is 163 Å². The summed E-state index contributed by atoms with van der Waals surface area (Å²) in [6.45, 7) is 10.1. The molecule has 28 heteroatoms. The zero-order valence-electron chi connectivity index (χ0n) is 46.4. The highest BCUT2D eigenvalue weighted by Crippen LogP contribution is 2.25. The summed E-state index contributed by atoms with van der Waals surface area (Å²) in [7, 11) is 3.08. The van der Waals surface area contributed by atoms with Crippen LogP contribution in [0.25, 0.3) is 0 Å². The number of halogens is 4. The van der Waals surface area contributed by atoms with E-state index in [0.29, 0.717) is 96.2 Å². The van der Waals surface area contributed by atoms with Crippen LogP contribution in [0, 0.1) is 56.9 Å². The standard InChI is InChI=1S/C54H69F4N11O13/c1-32-45(34(3)67(5)47(32)51(73)63-38-7-9-41(55)43(57)23-38)49(71)53(75)61-26-37(59)25-60-11-13-77-15-17-79-19-21-81-30-36(29-70)31-82-22-20-80-18-16-78-14-12-69-28-40(65-66-69)27-62-54(76)50(72)46-33(2)48(68(6)35(46)4)52(74)64-39-8-10-42(56)44(58)24-39/h7-10,23-25,28,36,60,70H,11-22,26-27,29-31,59H2,1-6H3,(H,61,75)(H,62,76)(H,63,73)(H,64,74)/b37-25-. The van der Waals surface area contributed by atoms with Crippen molar-refractivity contribution in [3.05, 3.63) is 128 Å². The zero-order valence-corrected chi connectivity index (χ0v) is 46.4. The van der Waals surface area contributed by atoms with Gasteiger partial charge in [-0.1, -0.05) is 5.21 Å². The number of hydrogen-bond donors (Lipinski definition) is 7. The van der Waals surface area contributed by atoms with E-state index in [2.05, 4.69) is 36.9 Å². The molecule has 2 aromatic carbocycles. The number of ether oxygens (including phenoxy) is 6. The van der Waals surface area contributed by atoms with Crippen LogP contribution in [-0.2, 0) is 65.2 Å². The molecule has 4 amide bonds. The van der Waals surface area contributed by atoms with E-state index in [0.717, 1.165) is 24.3 Å². The summed E-state index contributed by atoms with van der Waals surface area (Å²) >= 11 is 0. The van der Waals surface area contributed by atoms with Crippen molar-refractivity contribution in [1.29, 1.82) is 0 Å². The Hall–Kier alpha value is -7.86. The highest BCUT2D eigenvalue weighted by atomic mass is 19.2. The number of aromatic nitrogens is 5. The number of hydrogen-bond acceptors (Lipinski definition) is 17. The van der Waals surface area contributed by atoms with Gasteiger partial charge in [0.25, 0.3) is 35.2 Å². The van der Waals surface area contributed by atoms with Crippen LogP contribution in [0.4, 0.5) is 28.9 Å². The van der Waals surface area contributed by atoms with Gasteiger partial charge in [-0.2, -0.15) is 0 Å². The quantitative estimate of drug-likeness (QED) is 0.0131. The van der Waals surface area contributed by atoms with E-state index in [1.807, 2.05) is 0 Å². The van der Waals surface area contributed by atoms with Crippen molar-refractivity contribution >= 4 is 46.6 Å². The fraction of sp³-hybridized carbons (Fsp3) is 0.444. The minimum atomic E-state index is -1.14. The molecule has 5 aromatic rings. The molecular formula is C54H69F4N11O13. The van der Waals surface area contributed by atoms with Crippen molar-refractivity contribution in [2.24, 2.45) is 25.7 Å². The SMILES string of the molecule is Cc1c(C(=O)C(=O)NC/C(N)=C/NCCOCCOCCOCC(CO)COCCOCCOCCn2cc(CNC(=O)C(=O)c3c(C)c(C(=O)Nc4ccc(F)c(F)c4)n(C)c3C)nn2)c(C)n(C)c1C(=O)Nc1ccc(F)c(F)c1. The second-order valence-electron chi connectivity index (χ2n) is 18.5. The van der Waals surface area contributed by atoms with Gasteiger partial charge in [-0.15, -0.1) is 5.10 Å². The van der Waals surface area contributed by atoms with Crippen LogP contribution in [0.5, 0.6) is 0 Å². The lowest BCUT2D eigenvalue weighted by molar-refractivity contribution is -0.117. The molecular weight excluding hydrogens is 1090 g/mol. The normalized spacial score (nSPS) is 11.9. The van der Waals surface area contributed by atoms with E-state index in [9.17, 15) is 51.4 Å². The van der Waals surface area contributed by atoms with Crippen molar-refractivity contribution in [1.82, 2.24) is 40.1 Å². The van der Waals surface area contributed by atoms with Crippen molar-refractivity contribution in [3.8, 4) is 0 Å². The number of carbonyl (C=O) groups excluding carboxylic acids is 6. The fourth-order valence-corrected chi connectivity index (χ4v) is 8.14. The number of amides is 4. The predicted molar refractivity (Wildman–Crippen MR) is 288 cm³/mol. The van der Waals surface area contributed by atoms with E-state index in [1.54, 1.807) is 27.1 Å². The minimum Gasteiger partial charge on any atom is -0.399 e. The number of anilines is 2. The van der Waals surface area contributed by atoms with Crippen LogP contribution in [0.3, 0.4) is 0 Å². The summed E-state index contributed by atoms with van der Waals surface area (Å²) in [6.07, 6.45) is 3.06. The number of carbonyl (C=O) groups is 6. The van der Waals surface area contributed by atoms with E-state index < -0.39 is 58.5 Å². The fourth-order valence-electron chi connectivity index (χ4n) is 8.14. The Morgan fingerprint density at radius 2 is 1.09 bits per heavy atom. The van der Waals surface area contributed by atoms with Gasteiger partial charge in [-0.25, -0.2) is 22.2 Å². The van der Waals surface area contributed by atoms with Gasteiger partial charge in [0.1, 0.15) is 17.1 Å². The maximum atomic E-state index is 13.7. The topological polar surface area (TPSA) is 305 Å². The average Bonchev–Trinajstić information content (AvgIpc) is 3.78. The summed E-state index contributed by atoms with van der Waals surface area (Å²) in [5.41, 5.74) is 7.99. The molecule has 0 bridgehead atoms. The highest BCUT2D eigenvalue weighted by molar-refractivity contribution is 6.44. The smallest absolute Gasteiger partial charge is 0.292 e. The first kappa shape index (κ1) is 65.0. The zero-order chi connectivity index (χ0) is 59.9. The summed E-state index contributed by atoms with van der Waals surface area (Å²) in [6, 6.07) is 5.80. The van der Waals surface area contributed by atoms with Crippen molar-refractivity contribution in [2.75, 3.05) is 110 Å². The van der Waals surface area contributed by atoms with Gasteiger partial charge in [-0.3, -0.25) is 28.8 Å². The molecule has 1 atom stereocenters. The Labute approximate surface area is 469 Å². The highest BCUT2D eigenvalue weighted by Gasteiger charge is 2.30. The van der Waals surface area contributed by atoms with Gasteiger partial charge in [0.15, 0.2) is 23.3 Å². The summed E-state index contributed by atoms with van der Waals surface area (Å²) in [4.78, 5) is 78.1. The largest absolute Gasteiger partial charge is 0.399 e. The molecule has 0 saturated carbocycles. The average molecular weight is 1160 g/mol. The molecule has 0 aliphatic rings. The minimum absolute atomic E-state index is 0.0110. The first-order chi connectivity index (χ1) is 39.2. The molecule has 0 aliphatic carbocycles. The Morgan fingerprint density at radius 3 is 1.56 bits per heavy atom. The number of aliphatic hydroxyl groups excluding tert-OH is 1. The molecule has 24 nitrogen and oxygen atoms in total. The van der Waals surface area contributed by atoms with Gasteiger partial charge in [0.05, 0.1) is 123 Å². The van der Waals surface area contributed by atoms with Crippen LogP contribution >= 0.6 is 0 Å². The van der Waals surface area contributed by atoms with Crippen LogP contribution in [0.15, 0.2) is 54.5 Å². The van der Waals surface area contributed by atoms with Crippen LogP contribution < -0.4 is 32.3 Å². The predicted octanol–water partition coefficient (Wildman–Crippen LogP) is 2.85. The number of nitrogens with one attached hydrogen (secondary N) is 5. The molecule has 3 heterocycles. The van der Waals surface area contributed by atoms with E-state index in [1.165, 1.54) is 53.0 Å². The van der Waals surface area contributed by atoms with Gasteiger partial charge in [0, 0.05) is 73.4 Å². The monoisotopic (exact) mass is 1160 g/mol. The number of aliphatic hydroxyl groups is 1. The Morgan fingerprint density at radius 1 is 0.634 bits per heavy atom. The van der Waals surface area contributed by atoms with E-state index in [4.69, 9.17) is 34.2 Å². The van der Waals surface area contributed by atoms with Gasteiger partial charge in [-0.05, 0) is 63.1 Å². The molecule has 0 saturated heterocycles. The number of nitrogens with zero attached hydrogens (tertiary/aromatic N) is 5. The summed E-state index contributed by atoms with van der Waals surface area (Å²) in [5, 5.41) is 30.6. The third-order valence-corrected chi connectivity index (χ3v) is 12.6. The maximum Gasteiger partial charge on any atom is 0.292 e. The van der Waals surface area contributed by atoms with Crippen LogP contribution in [0.1, 0.15) is 69.9 Å². The summed E-state index contributed by atoms with van der Waals surface area (Å²) < 4.78 is 91.9. The molecule has 1 unspecified atom stereocenters. The van der Waals surface area contributed by atoms with Crippen LogP contribution in [0.2, 0.25) is 0 Å². The van der Waals surface area contributed by atoms with Gasteiger partial charge < -0.3 is 75.0 Å². The second-order valence-corrected chi connectivity index (χ2v) is 18.5. The number of Topliss-reactive ketones (excluding diaryl/α,β-unsaturated/α-hetero) is 2. The molecule has 0 aliphatic heterocycles. The first-order valence-electron chi connectivity index (χ1n) is 25.9. The lowest BCUT2D eigenvalue weighted by Gasteiger charge is -2.15. The molecule has 5 rings (SSSR count). The number of rotatable bonds is 36. The molecule has 3 aromatic heterocycles. The lowest BCUT2D eigenvalue weighted by atomic mass is 10.0. The number of benzene rings is 2. The van der Waals surface area contributed by atoms with Crippen molar-refractivity contribution < 1.29 is 79.9 Å². The summed E-state index contributed by atoms with van der Waals surface area (Å²) in [5.74, 6) is -9.63. The molecule has 82 heavy (non-hydrogen) atoms. The third kappa shape index (κ3) is 18.9. The van der Waals surface area contributed by atoms with Crippen molar-refractivity contribution in [2.45, 2.75) is 40.8 Å². The molecule has 446 valence electrons. The second kappa shape index (κ2) is 32.5. The van der Waals surface area contributed by atoms with Crippen molar-refractivity contribution in [3.63, 3.8) is 0 Å². The molecule has 8 N–H and O–H groups in total. The lowest BCUT2D eigenvalue weighted by Crippen LogP contribution is -2.35. The Balaban J connectivity index is 0.823. The van der Waals surface area contributed by atoms with Gasteiger partial charge >= 0.3 is 0 Å². The first-order valence-corrected chi connectivity index (χ1v) is 25.9. The van der Waals surface area contributed by atoms with E-state index >= 15 is 0 Å². The molecule has 0 fully saturated rings.